The molecule has 0 fully saturated rings. The van der Waals surface area contributed by atoms with Gasteiger partial charge in [-0.3, -0.25) is 14.5 Å². The van der Waals surface area contributed by atoms with Crippen LogP contribution in [0.3, 0.4) is 0 Å². The molecule has 35 heavy (non-hydrogen) atoms. The minimum Gasteiger partial charge on any atom is -0.490 e. The summed E-state index contributed by atoms with van der Waals surface area (Å²) in [6.07, 6.45) is 0. The summed E-state index contributed by atoms with van der Waals surface area (Å²) in [6, 6.07) is 17.9. The molecule has 1 aliphatic rings. The maximum Gasteiger partial charge on any atom is 0.295 e. The second kappa shape index (κ2) is 8.95. The summed E-state index contributed by atoms with van der Waals surface area (Å²) in [7, 11) is 0. The average Bonchev–Trinajstić information content (AvgIpc) is 3.15. The van der Waals surface area contributed by atoms with E-state index < -0.39 is 6.04 Å². The number of aryl methyl sites for hydroxylation is 2. The number of benzene rings is 3. The van der Waals surface area contributed by atoms with Gasteiger partial charge in [0.15, 0.2) is 16.9 Å². The Kier molecular flexibility index (Phi) is 5.81. The molecule has 0 radical (unpaired) electrons. The van der Waals surface area contributed by atoms with Crippen LogP contribution in [0.2, 0.25) is 0 Å². The summed E-state index contributed by atoms with van der Waals surface area (Å²) >= 11 is 0. The van der Waals surface area contributed by atoms with Crippen LogP contribution >= 0.6 is 0 Å². The van der Waals surface area contributed by atoms with Gasteiger partial charge < -0.3 is 13.9 Å². The van der Waals surface area contributed by atoms with E-state index in [1.54, 1.807) is 4.90 Å². The van der Waals surface area contributed by atoms with Crippen molar-refractivity contribution < 1.29 is 18.7 Å². The van der Waals surface area contributed by atoms with E-state index in [1.807, 2.05) is 88.4 Å². The van der Waals surface area contributed by atoms with Gasteiger partial charge in [0, 0.05) is 5.69 Å². The fourth-order valence-corrected chi connectivity index (χ4v) is 4.64. The summed E-state index contributed by atoms with van der Waals surface area (Å²) in [6.45, 7) is 8.68. The average molecular weight is 470 g/mol. The number of carbonyl (C=O) groups excluding carboxylic acids is 1. The molecule has 6 nitrogen and oxygen atoms in total. The molecule has 0 N–H and O–H groups in total. The Labute approximate surface area is 203 Å². The van der Waals surface area contributed by atoms with Crippen LogP contribution in [0.25, 0.3) is 11.0 Å². The SMILES string of the molecule is CCOc1ccc(C2c3c(oc4cc(C)c(C)cc4c3=O)C(=O)N2c2ccccc2)cc1OCC. The van der Waals surface area contributed by atoms with Gasteiger partial charge in [-0.1, -0.05) is 24.3 Å². The smallest absolute Gasteiger partial charge is 0.295 e. The zero-order chi connectivity index (χ0) is 24.7. The van der Waals surface area contributed by atoms with Gasteiger partial charge in [-0.15, -0.1) is 0 Å². The first-order valence-corrected chi connectivity index (χ1v) is 11.8. The second-order valence-electron chi connectivity index (χ2n) is 8.59. The molecule has 1 unspecified atom stereocenters. The number of amides is 1. The maximum absolute atomic E-state index is 13.9. The fourth-order valence-electron chi connectivity index (χ4n) is 4.64. The van der Waals surface area contributed by atoms with Crippen LogP contribution in [-0.4, -0.2) is 19.1 Å². The molecule has 1 aromatic heterocycles. The van der Waals surface area contributed by atoms with Crippen molar-refractivity contribution in [3.05, 3.63) is 98.9 Å². The molecule has 2 heterocycles. The van der Waals surface area contributed by atoms with Crippen LogP contribution in [-0.2, 0) is 0 Å². The number of anilines is 1. The highest BCUT2D eigenvalue weighted by Crippen LogP contribution is 2.43. The number of ether oxygens (including phenoxy) is 2. The fraction of sp³-hybridized carbons (Fsp3) is 0.241. The van der Waals surface area contributed by atoms with E-state index in [4.69, 9.17) is 13.9 Å². The minimum absolute atomic E-state index is 0.0754. The number of nitrogens with zero attached hydrogens (tertiary/aromatic N) is 1. The van der Waals surface area contributed by atoms with Crippen LogP contribution < -0.4 is 19.8 Å². The minimum atomic E-state index is -0.669. The maximum atomic E-state index is 13.9. The molecule has 3 aromatic carbocycles. The quantitative estimate of drug-likeness (QED) is 0.349. The van der Waals surface area contributed by atoms with Gasteiger partial charge in [-0.2, -0.15) is 0 Å². The standard InChI is InChI=1S/C29H27NO5/c1-5-33-22-13-12-19(16-24(22)34-6-2)26-25-27(31)21-14-17(3)18(4)15-23(21)35-28(25)29(32)30(26)20-10-8-7-9-11-20/h7-16,26H,5-6H2,1-4H3. The molecule has 0 saturated heterocycles. The van der Waals surface area contributed by atoms with Crippen LogP contribution in [0.4, 0.5) is 5.69 Å². The van der Waals surface area contributed by atoms with E-state index in [0.717, 1.165) is 16.7 Å². The van der Waals surface area contributed by atoms with Crippen LogP contribution in [0.15, 0.2) is 69.9 Å². The zero-order valence-corrected chi connectivity index (χ0v) is 20.3. The molecule has 0 bridgehead atoms. The molecule has 5 rings (SSSR count). The molecule has 1 atom stereocenters. The van der Waals surface area contributed by atoms with E-state index in [9.17, 15) is 9.59 Å². The van der Waals surface area contributed by atoms with E-state index in [0.29, 0.717) is 46.9 Å². The second-order valence-corrected chi connectivity index (χ2v) is 8.59. The van der Waals surface area contributed by atoms with Gasteiger partial charge in [0.2, 0.25) is 5.76 Å². The number of rotatable bonds is 6. The summed E-state index contributed by atoms with van der Waals surface area (Å²) in [5, 5.41) is 0.468. The van der Waals surface area contributed by atoms with Crippen molar-refractivity contribution in [2.75, 3.05) is 18.1 Å². The third kappa shape index (κ3) is 3.75. The first-order chi connectivity index (χ1) is 16.9. The van der Waals surface area contributed by atoms with Crippen LogP contribution in [0.5, 0.6) is 11.5 Å². The highest BCUT2D eigenvalue weighted by atomic mass is 16.5. The monoisotopic (exact) mass is 469 g/mol. The number of carbonyl (C=O) groups is 1. The number of para-hydroxylation sites is 1. The lowest BCUT2D eigenvalue weighted by Gasteiger charge is -2.26. The molecule has 6 heteroatoms. The van der Waals surface area contributed by atoms with Gasteiger partial charge in [-0.25, -0.2) is 0 Å². The van der Waals surface area contributed by atoms with Gasteiger partial charge in [0.25, 0.3) is 5.91 Å². The van der Waals surface area contributed by atoms with Gasteiger partial charge in [-0.05, 0) is 80.8 Å². The molecule has 0 aliphatic carbocycles. The third-order valence-electron chi connectivity index (χ3n) is 6.40. The first kappa shape index (κ1) is 22.7. The van der Waals surface area contributed by atoms with E-state index >= 15 is 0 Å². The Morgan fingerprint density at radius 2 is 1.54 bits per heavy atom. The van der Waals surface area contributed by atoms with Crippen molar-refractivity contribution in [1.82, 2.24) is 0 Å². The predicted molar refractivity (Wildman–Crippen MR) is 136 cm³/mol. The van der Waals surface area contributed by atoms with E-state index in [1.165, 1.54) is 0 Å². The van der Waals surface area contributed by atoms with Gasteiger partial charge in [0.1, 0.15) is 5.58 Å². The molecule has 0 saturated carbocycles. The third-order valence-corrected chi connectivity index (χ3v) is 6.40. The van der Waals surface area contributed by atoms with Crippen molar-refractivity contribution in [1.29, 1.82) is 0 Å². The Bertz CT molecular complexity index is 1490. The zero-order valence-electron chi connectivity index (χ0n) is 20.3. The van der Waals surface area contributed by atoms with E-state index in [-0.39, 0.29) is 17.1 Å². The molecule has 1 amide bonds. The Morgan fingerprint density at radius 1 is 0.857 bits per heavy atom. The highest BCUT2D eigenvalue weighted by molar-refractivity contribution is 6.10. The highest BCUT2D eigenvalue weighted by Gasteiger charge is 2.44. The van der Waals surface area contributed by atoms with Crippen molar-refractivity contribution in [2.45, 2.75) is 33.7 Å². The lowest BCUT2D eigenvalue weighted by molar-refractivity contribution is 0.0971. The predicted octanol–water partition coefficient (Wildman–Crippen LogP) is 5.96. The Balaban J connectivity index is 1.79. The lowest BCUT2D eigenvalue weighted by Crippen LogP contribution is -2.29. The topological polar surface area (TPSA) is 69.0 Å². The summed E-state index contributed by atoms with van der Waals surface area (Å²) in [5.74, 6) is 0.912. The van der Waals surface area contributed by atoms with Crippen molar-refractivity contribution in [2.24, 2.45) is 0 Å². The van der Waals surface area contributed by atoms with Crippen LogP contribution in [0, 0.1) is 13.8 Å². The molecule has 0 spiro atoms. The molecule has 4 aromatic rings. The summed E-state index contributed by atoms with van der Waals surface area (Å²) in [4.78, 5) is 29.2. The summed E-state index contributed by atoms with van der Waals surface area (Å²) < 4.78 is 17.7. The molecule has 1 aliphatic heterocycles. The lowest BCUT2D eigenvalue weighted by atomic mass is 9.97. The first-order valence-electron chi connectivity index (χ1n) is 11.8. The summed E-state index contributed by atoms with van der Waals surface area (Å²) in [5.41, 5.74) is 3.95. The van der Waals surface area contributed by atoms with Gasteiger partial charge in [0.05, 0.1) is 30.2 Å². The van der Waals surface area contributed by atoms with Crippen molar-refractivity contribution >= 4 is 22.6 Å². The Morgan fingerprint density at radius 3 is 2.26 bits per heavy atom. The van der Waals surface area contributed by atoms with Gasteiger partial charge >= 0.3 is 0 Å². The normalized spacial score (nSPS) is 14.9. The number of hydrogen-bond acceptors (Lipinski definition) is 5. The van der Waals surface area contributed by atoms with E-state index in [2.05, 4.69) is 0 Å². The van der Waals surface area contributed by atoms with Crippen molar-refractivity contribution in [3.8, 4) is 11.5 Å². The van der Waals surface area contributed by atoms with Crippen LogP contribution in [0.1, 0.15) is 52.7 Å². The number of hydrogen-bond donors (Lipinski definition) is 0. The van der Waals surface area contributed by atoms with Crippen molar-refractivity contribution in [3.63, 3.8) is 0 Å². The molecule has 178 valence electrons. The largest absolute Gasteiger partial charge is 0.490 e. The Hall–Kier alpha value is -4.06. The number of fused-ring (bicyclic) bond motifs is 2. The molecular formula is C29H27NO5. The molecular weight excluding hydrogens is 442 g/mol.